The Labute approximate surface area is 99.3 Å². The monoisotopic (exact) mass is 230 g/mol. The maximum Gasteiger partial charge on any atom is 0.248 e. The van der Waals surface area contributed by atoms with Gasteiger partial charge in [0.2, 0.25) is 5.56 Å². The Kier molecular flexibility index (Phi) is 3.55. The minimum atomic E-state index is -0.123. The highest BCUT2D eigenvalue weighted by atomic mass is 16.5. The summed E-state index contributed by atoms with van der Waals surface area (Å²) in [5, 5.41) is 0. The number of ether oxygens (including phenoxy) is 1. The third-order valence-electron chi connectivity index (χ3n) is 2.27. The lowest BCUT2D eigenvalue weighted by Crippen LogP contribution is -2.03. The molecule has 2 rings (SSSR count). The van der Waals surface area contributed by atoms with Gasteiger partial charge >= 0.3 is 0 Å². The predicted octanol–water partition coefficient (Wildman–Crippen LogP) is 2.23. The molecule has 0 saturated heterocycles. The number of aromatic nitrogens is 2. The van der Waals surface area contributed by atoms with E-state index in [2.05, 4.69) is 9.97 Å². The maximum absolute atomic E-state index is 11.2. The molecule has 17 heavy (non-hydrogen) atoms. The smallest absolute Gasteiger partial charge is 0.248 e. The minimum Gasteiger partial charge on any atom is -0.492 e. The van der Waals surface area contributed by atoms with Gasteiger partial charge in [-0.15, -0.1) is 0 Å². The first kappa shape index (κ1) is 11.4. The van der Waals surface area contributed by atoms with Crippen LogP contribution in [0.1, 0.15) is 13.3 Å². The van der Waals surface area contributed by atoms with Crippen LogP contribution in [0.3, 0.4) is 0 Å². The van der Waals surface area contributed by atoms with E-state index in [9.17, 15) is 4.79 Å². The molecule has 0 aliphatic carbocycles. The SMILES string of the molecule is CCCOc1cncc(-c2cccc(=O)[nH]2)c1. The van der Waals surface area contributed by atoms with Crippen molar-refractivity contribution in [2.24, 2.45) is 0 Å². The lowest BCUT2D eigenvalue weighted by molar-refractivity contribution is 0.316. The summed E-state index contributed by atoms with van der Waals surface area (Å²) >= 11 is 0. The van der Waals surface area contributed by atoms with Crippen molar-refractivity contribution in [2.45, 2.75) is 13.3 Å². The fourth-order valence-electron chi connectivity index (χ4n) is 1.48. The summed E-state index contributed by atoms with van der Waals surface area (Å²) in [7, 11) is 0. The molecule has 0 saturated carbocycles. The van der Waals surface area contributed by atoms with E-state index in [0.29, 0.717) is 12.4 Å². The zero-order chi connectivity index (χ0) is 12.1. The number of pyridine rings is 2. The first-order chi connectivity index (χ1) is 8.29. The Morgan fingerprint density at radius 2 is 2.24 bits per heavy atom. The second kappa shape index (κ2) is 5.30. The maximum atomic E-state index is 11.2. The van der Waals surface area contributed by atoms with Crippen molar-refractivity contribution in [3.05, 3.63) is 47.0 Å². The number of nitrogens with zero attached hydrogens (tertiary/aromatic N) is 1. The van der Waals surface area contributed by atoms with Gasteiger partial charge in [-0.3, -0.25) is 9.78 Å². The highest BCUT2D eigenvalue weighted by molar-refractivity contribution is 5.59. The second-order valence-corrected chi connectivity index (χ2v) is 3.69. The Morgan fingerprint density at radius 3 is 3.00 bits per heavy atom. The van der Waals surface area contributed by atoms with Crippen molar-refractivity contribution in [3.63, 3.8) is 0 Å². The average Bonchev–Trinajstić information content (AvgIpc) is 2.37. The Morgan fingerprint density at radius 1 is 1.35 bits per heavy atom. The van der Waals surface area contributed by atoms with E-state index in [1.165, 1.54) is 6.07 Å². The molecule has 0 atom stereocenters. The molecule has 0 spiro atoms. The molecular weight excluding hydrogens is 216 g/mol. The van der Waals surface area contributed by atoms with E-state index in [1.54, 1.807) is 18.5 Å². The van der Waals surface area contributed by atoms with Gasteiger partial charge < -0.3 is 9.72 Å². The van der Waals surface area contributed by atoms with Gasteiger partial charge in [0.05, 0.1) is 12.8 Å². The van der Waals surface area contributed by atoms with Gasteiger partial charge in [0.15, 0.2) is 0 Å². The van der Waals surface area contributed by atoms with Crippen LogP contribution in [0.15, 0.2) is 41.5 Å². The predicted molar refractivity (Wildman–Crippen MR) is 66.1 cm³/mol. The number of hydrogen-bond acceptors (Lipinski definition) is 3. The first-order valence-electron chi connectivity index (χ1n) is 5.57. The van der Waals surface area contributed by atoms with Gasteiger partial charge in [-0.1, -0.05) is 13.0 Å². The fraction of sp³-hybridized carbons (Fsp3) is 0.231. The quantitative estimate of drug-likeness (QED) is 0.876. The van der Waals surface area contributed by atoms with Crippen LogP contribution < -0.4 is 10.3 Å². The van der Waals surface area contributed by atoms with Crippen molar-refractivity contribution in [1.82, 2.24) is 9.97 Å². The fourth-order valence-corrected chi connectivity index (χ4v) is 1.48. The zero-order valence-electron chi connectivity index (χ0n) is 9.64. The molecule has 0 amide bonds. The molecule has 1 N–H and O–H groups in total. The summed E-state index contributed by atoms with van der Waals surface area (Å²) in [6, 6.07) is 6.90. The van der Waals surface area contributed by atoms with Crippen LogP contribution in [0.2, 0.25) is 0 Å². The standard InChI is InChI=1S/C13H14N2O2/c1-2-6-17-11-7-10(8-14-9-11)12-4-3-5-13(16)15-12/h3-5,7-9H,2,6H2,1H3,(H,15,16). The third-order valence-corrected chi connectivity index (χ3v) is 2.27. The molecular formula is C13H14N2O2. The molecule has 2 heterocycles. The highest BCUT2D eigenvalue weighted by Crippen LogP contribution is 2.19. The van der Waals surface area contributed by atoms with E-state index in [4.69, 9.17) is 4.74 Å². The number of rotatable bonds is 4. The topological polar surface area (TPSA) is 55.0 Å². The molecule has 0 aliphatic rings. The van der Waals surface area contributed by atoms with Gasteiger partial charge in [0.25, 0.3) is 0 Å². The Hall–Kier alpha value is -2.10. The largest absolute Gasteiger partial charge is 0.492 e. The Bertz CT molecular complexity index is 549. The van der Waals surface area contributed by atoms with Crippen molar-refractivity contribution in [3.8, 4) is 17.0 Å². The van der Waals surface area contributed by atoms with Crippen molar-refractivity contribution >= 4 is 0 Å². The molecule has 4 heteroatoms. The van der Waals surface area contributed by atoms with Crippen LogP contribution in [0.25, 0.3) is 11.3 Å². The number of aromatic amines is 1. The van der Waals surface area contributed by atoms with Gasteiger partial charge in [-0.2, -0.15) is 0 Å². The summed E-state index contributed by atoms with van der Waals surface area (Å²) in [5.41, 5.74) is 1.46. The number of H-pyrrole nitrogens is 1. The number of hydrogen-bond donors (Lipinski definition) is 1. The summed E-state index contributed by atoms with van der Waals surface area (Å²) < 4.78 is 5.49. The van der Waals surface area contributed by atoms with Crippen LogP contribution >= 0.6 is 0 Å². The molecule has 88 valence electrons. The first-order valence-corrected chi connectivity index (χ1v) is 5.57. The molecule has 2 aromatic heterocycles. The second-order valence-electron chi connectivity index (χ2n) is 3.69. The lowest BCUT2D eigenvalue weighted by atomic mass is 10.2. The average molecular weight is 230 g/mol. The molecule has 4 nitrogen and oxygen atoms in total. The summed E-state index contributed by atoms with van der Waals surface area (Å²) in [4.78, 5) is 18.1. The van der Waals surface area contributed by atoms with Crippen LogP contribution in [0, 0.1) is 0 Å². The van der Waals surface area contributed by atoms with Crippen LogP contribution in [-0.4, -0.2) is 16.6 Å². The summed E-state index contributed by atoms with van der Waals surface area (Å²) in [6.07, 6.45) is 4.32. The van der Waals surface area contributed by atoms with Crippen molar-refractivity contribution < 1.29 is 4.74 Å². The van der Waals surface area contributed by atoms with E-state index in [-0.39, 0.29) is 5.56 Å². The minimum absolute atomic E-state index is 0.123. The van der Waals surface area contributed by atoms with Gasteiger partial charge in [-0.25, -0.2) is 0 Å². The molecule has 0 bridgehead atoms. The van der Waals surface area contributed by atoms with Gasteiger partial charge in [-0.05, 0) is 18.6 Å². The molecule has 0 aliphatic heterocycles. The van der Waals surface area contributed by atoms with Crippen molar-refractivity contribution in [2.75, 3.05) is 6.61 Å². The van der Waals surface area contributed by atoms with Gasteiger partial charge in [0, 0.05) is 23.5 Å². The zero-order valence-corrected chi connectivity index (χ0v) is 9.64. The molecule has 0 radical (unpaired) electrons. The normalized spacial score (nSPS) is 10.2. The molecule has 0 fully saturated rings. The van der Waals surface area contributed by atoms with Crippen molar-refractivity contribution in [1.29, 1.82) is 0 Å². The lowest BCUT2D eigenvalue weighted by Gasteiger charge is -2.06. The van der Waals surface area contributed by atoms with Gasteiger partial charge in [0.1, 0.15) is 5.75 Å². The summed E-state index contributed by atoms with van der Waals surface area (Å²) in [5.74, 6) is 0.717. The van der Waals surface area contributed by atoms with E-state index < -0.39 is 0 Å². The van der Waals surface area contributed by atoms with Crippen LogP contribution in [-0.2, 0) is 0 Å². The van der Waals surface area contributed by atoms with E-state index in [0.717, 1.165) is 17.7 Å². The highest BCUT2D eigenvalue weighted by Gasteiger charge is 2.01. The molecule has 2 aromatic rings. The van der Waals surface area contributed by atoms with E-state index >= 15 is 0 Å². The molecule has 0 unspecified atom stereocenters. The number of nitrogens with one attached hydrogen (secondary N) is 1. The third kappa shape index (κ3) is 2.93. The molecule has 0 aromatic carbocycles. The Balaban J connectivity index is 2.29. The van der Waals surface area contributed by atoms with E-state index in [1.807, 2.05) is 19.1 Å². The summed E-state index contributed by atoms with van der Waals surface area (Å²) in [6.45, 7) is 2.71. The van der Waals surface area contributed by atoms with Crippen LogP contribution in [0.4, 0.5) is 0 Å². The van der Waals surface area contributed by atoms with Crippen LogP contribution in [0.5, 0.6) is 5.75 Å².